The molecule has 6 nitrogen and oxygen atoms in total. The summed E-state index contributed by atoms with van der Waals surface area (Å²) in [6.07, 6.45) is 4.07. The predicted molar refractivity (Wildman–Crippen MR) is 58.4 cm³/mol. The zero-order chi connectivity index (χ0) is 11.6. The van der Waals surface area contributed by atoms with Crippen LogP contribution in [0.5, 0.6) is 0 Å². The van der Waals surface area contributed by atoms with Crippen molar-refractivity contribution < 1.29 is 8.42 Å². The Morgan fingerprint density at radius 2 is 2.25 bits per heavy atom. The fourth-order valence-corrected chi connectivity index (χ4v) is 2.15. The van der Waals surface area contributed by atoms with Crippen molar-refractivity contribution in [3.05, 3.63) is 36.3 Å². The highest BCUT2D eigenvalue weighted by Gasteiger charge is 2.16. The van der Waals surface area contributed by atoms with Gasteiger partial charge in [0.2, 0.25) is 0 Å². The fraction of sp³-hybridized carbons (Fsp3) is 0.111. The number of anilines is 1. The minimum Gasteiger partial charge on any atom is -0.284 e. The first-order valence-electron chi connectivity index (χ1n) is 4.53. The lowest BCUT2D eigenvalue weighted by Crippen LogP contribution is -2.14. The molecule has 0 saturated carbocycles. The first kappa shape index (κ1) is 10.6. The molecule has 0 amide bonds. The molecule has 0 unspecified atom stereocenters. The number of rotatable bonds is 3. The van der Waals surface area contributed by atoms with E-state index in [2.05, 4.69) is 19.9 Å². The number of hydrogen-bond donors (Lipinski definition) is 2. The van der Waals surface area contributed by atoms with Crippen molar-refractivity contribution in [2.45, 2.75) is 11.8 Å². The molecule has 2 rings (SSSR count). The Hall–Kier alpha value is -1.89. The van der Waals surface area contributed by atoms with Crippen molar-refractivity contribution in [1.29, 1.82) is 0 Å². The smallest absolute Gasteiger partial charge is 0.266 e. The van der Waals surface area contributed by atoms with Crippen molar-refractivity contribution in [2.24, 2.45) is 0 Å². The van der Waals surface area contributed by atoms with Crippen molar-refractivity contribution in [1.82, 2.24) is 15.2 Å². The SMILES string of the molecule is Cc1cccnc1NS(=O)(=O)c1cn[nH]c1. The molecule has 0 atom stereocenters. The van der Waals surface area contributed by atoms with E-state index in [1.54, 1.807) is 19.1 Å². The second-order valence-electron chi connectivity index (χ2n) is 3.21. The monoisotopic (exact) mass is 238 g/mol. The molecule has 0 radical (unpaired) electrons. The molecular weight excluding hydrogens is 228 g/mol. The molecule has 0 spiro atoms. The number of aromatic amines is 1. The van der Waals surface area contributed by atoms with E-state index in [1.807, 2.05) is 0 Å². The Kier molecular flexibility index (Phi) is 2.61. The van der Waals surface area contributed by atoms with Gasteiger partial charge in [-0.1, -0.05) is 6.07 Å². The first-order valence-corrected chi connectivity index (χ1v) is 6.01. The van der Waals surface area contributed by atoms with Gasteiger partial charge in [0.25, 0.3) is 10.0 Å². The Morgan fingerprint density at radius 1 is 1.44 bits per heavy atom. The Labute approximate surface area is 92.8 Å². The van der Waals surface area contributed by atoms with Crippen LogP contribution < -0.4 is 4.72 Å². The summed E-state index contributed by atoms with van der Waals surface area (Å²) in [5.74, 6) is 0.323. The van der Waals surface area contributed by atoms with E-state index >= 15 is 0 Å². The molecule has 84 valence electrons. The van der Waals surface area contributed by atoms with Gasteiger partial charge in [0.15, 0.2) is 0 Å². The van der Waals surface area contributed by atoms with Crippen LogP contribution in [0.2, 0.25) is 0 Å². The van der Waals surface area contributed by atoms with Gasteiger partial charge in [-0.3, -0.25) is 9.82 Å². The maximum Gasteiger partial charge on any atom is 0.266 e. The van der Waals surface area contributed by atoms with Gasteiger partial charge in [-0.15, -0.1) is 0 Å². The number of pyridine rings is 1. The molecule has 0 aliphatic heterocycles. The summed E-state index contributed by atoms with van der Waals surface area (Å²) >= 11 is 0. The van der Waals surface area contributed by atoms with Crippen molar-refractivity contribution in [3.63, 3.8) is 0 Å². The van der Waals surface area contributed by atoms with Gasteiger partial charge < -0.3 is 0 Å². The molecule has 0 bridgehead atoms. The summed E-state index contributed by atoms with van der Waals surface area (Å²) in [6.45, 7) is 1.78. The number of aryl methyl sites for hydroxylation is 1. The Bertz CT molecular complexity index is 577. The maximum atomic E-state index is 11.8. The van der Waals surface area contributed by atoms with Crippen LogP contribution in [0.4, 0.5) is 5.82 Å². The van der Waals surface area contributed by atoms with Gasteiger partial charge in [0.05, 0.1) is 6.20 Å². The highest BCUT2D eigenvalue weighted by Crippen LogP contribution is 2.15. The highest BCUT2D eigenvalue weighted by atomic mass is 32.2. The molecule has 16 heavy (non-hydrogen) atoms. The zero-order valence-corrected chi connectivity index (χ0v) is 9.32. The van der Waals surface area contributed by atoms with Gasteiger partial charge in [0, 0.05) is 12.4 Å². The normalized spacial score (nSPS) is 11.3. The molecule has 0 aromatic carbocycles. The minimum atomic E-state index is -3.60. The minimum absolute atomic E-state index is 0.0811. The first-order chi connectivity index (χ1) is 7.59. The number of nitrogens with one attached hydrogen (secondary N) is 2. The Balaban J connectivity index is 2.33. The third-order valence-electron chi connectivity index (χ3n) is 2.02. The van der Waals surface area contributed by atoms with Crippen molar-refractivity contribution >= 4 is 15.8 Å². The molecule has 0 aliphatic carbocycles. The number of hydrogen-bond acceptors (Lipinski definition) is 4. The van der Waals surface area contributed by atoms with Crippen LogP contribution in [0.25, 0.3) is 0 Å². The number of sulfonamides is 1. The maximum absolute atomic E-state index is 11.8. The second-order valence-corrected chi connectivity index (χ2v) is 4.89. The summed E-state index contributed by atoms with van der Waals surface area (Å²) in [5, 5.41) is 6.03. The standard InChI is InChI=1S/C9H10N4O2S/c1-7-3-2-4-10-9(7)13-16(14,15)8-5-11-12-6-8/h2-6H,1H3,(H,10,13)(H,11,12). The molecule has 0 saturated heterocycles. The lowest BCUT2D eigenvalue weighted by molar-refractivity contribution is 0.601. The molecule has 2 aromatic rings. The van der Waals surface area contributed by atoms with Crippen LogP contribution in [-0.2, 0) is 10.0 Å². The van der Waals surface area contributed by atoms with Gasteiger partial charge in [0.1, 0.15) is 10.7 Å². The summed E-state index contributed by atoms with van der Waals surface area (Å²) in [6, 6.07) is 3.52. The molecular formula is C9H10N4O2S. The lowest BCUT2D eigenvalue weighted by atomic mass is 10.3. The lowest BCUT2D eigenvalue weighted by Gasteiger charge is -2.06. The predicted octanol–water partition coefficient (Wildman–Crippen LogP) is 0.914. The summed E-state index contributed by atoms with van der Waals surface area (Å²) in [7, 11) is -3.60. The van der Waals surface area contributed by atoms with E-state index < -0.39 is 10.0 Å². The summed E-state index contributed by atoms with van der Waals surface area (Å²) in [5.41, 5.74) is 0.759. The van der Waals surface area contributed by atoms with E-state index in [4.69, 9.17) is 0 Å². The van der Waals surface area contributed by atoms with Crippen LogP contribution >= 0.6 is 0 Å². The molecule has 2 aromatic heterocycles. The molecule has 0 fully saturated rings. The van der Waals surface area contributed by atoms with E-state index in [9.17, 15) is 8.42 Å². The average Bonchev–Trinajstić information content (AvgIpc) is 2.75. The zero-order valence-electron chi connectivity index (χ0n) is 8.51. The van der Waals surface area contributed by atoms with Gasteiger partial charge >= 0.3 is 0 Å². The van der Waals surface area contributed by atoms with Crippen LogP contribution in [-0.4, -0.2) is 23.6 Å². The topological polar surface area (TPSA) is 87.7 Å². The Morgan fingerprint density at radius 3 is 2.88 bits per heavy atom. The van der Waals surface area contributed by atoms with Crippen LogP contribution in [0.15, 0.2) is 35.6 Å². The van der Waals surface area contributed by atoms with Gasteiger partial charge in [-0.25, -0.2) is 13.4 Å². The van der Waals surface area contributed by atoms with Crippen LogP contribution in [0, 0.1) is 6.92 Å². The van der Waals surface area contributed by atoms with Crippen LogP contribution in [0.3, 0.4) is 0 Å². The molecule has 0 aliphatic rings. The molecule has 2 heterocycles. The van der Waals surface area contributed by atoms with E-state index in [0.717, 1.165) is 5.56 Å². The summed E-state index contributed by atoms with van der Waals surface area (Å²) < 4.78 is 26.0. The van der Waals surface area contributed by atoms with Crippen LogP contribution in [0.1, 0.15) is 5.56 Å². The third kappa shape index (κ3) is 2.03. The quantitative estimate of drug-likeness (QED) is 0.832. The number of nitrogens with zero attached hydrogens (tertiary/aromatic N) is 2. The van der Waals surface area contributed by atoms with Gasteiger partial charge in [-0.05, 0) is 18.6 Å². The van der Waals surface area contributed by atoms with Crippen molar-refractivity contribution in [2.75, 3.05) is 4.72 Å². The molecule has 7 heteroatoms. The average molecular weight is 238 g/mol. The van der Waals surface area contributed by atoms with E-state index in [-0.39, 0.29) is 4.90 Å². The number of aromatic nitrogens is 3. The van der Waals surface area contributed by atoms with Crippen molar-refractivity contribution in [3.8, 4) is 0 Å². The summed E-state index contributed by atoms with van der Waals surface area (Å²) in [4.78, 5) is 4.03. The van der Waals surface area contributed by atoms with E-state index in [0.29, 0.717) is 5.82 Å². The van der Waals surface area contributed by atoms with E-state index in [1.165, 1.54) is 18.6 Å². The molecule has 2 N–H and O–H groups in total. The third-order valence-corrected chi connectivity index (χ3v) is 3.33. The fourth-order valence-electron chi connectivity index (χ4n) is 1.16. The highest BCUT2D eigenvalue weighted by molar-refractivity contribution is 7.92. The number of H-pyrrole nitrogens is 1. The van der Waals surface area contributed by atoms with Gasteiger partial charge in [-0.2, -0.15) is 5.10 Å². The second kappa shape index (κ2) is 3.93. The largest absolute Gasteiger partial charge is 0.284 e.